The predicted octanol–water partition coefficient (Wildman–Crippen LogP) is 2.61. The number of hydrogen-bond acceptors (Lipinski definition) is 4. The summed E-state index contributed by atoms with van der Waals surface area (Å²) < 4.78 is 0. The van der Waals surface area contributed by atoms with Gasteiger partial charge in [0.2, 0.25) is 5.91 Å². The van der Waals surface area contributed by atoms with Crippen molar-refractivity contribution in [2.75, 3.05) is 23.7 Å². The van der Waals surface area contributed by atoms with Crippen molar-refractivity contribution in [2.24, 2.45) is 5.73 Å². The van der Waals surface area contributed by atoms with Crippen molar-refractivity contribution in [3.63, 3.8) is 0 Å². The Labute approximate surface area is 132 Å². The largest absolute Gasteiger partial charge is 0.362 e. The zero-order valence-corrected chi connectivity index (χ0v) is 14.3. The van der Waals surface area contributed by atoms with Crippen LogP contribution in [0.5, 0.6) is 0 Å². The summed E-state index contributed by atoms with van der Waals surface area (Å²) >= 11 is 1.79. The Balaban J connectivity index is 2.99. The number of carbonyl (C=O) groups excluding carboxylic acids is 1. The molecular formula is C16H27N3OS. The molecule has 0 aliphatic heterocycles. The second-order valence-electron chi connectivity index (χ2n) is 5.13. The van der Waals surface area contributed by atoms with Gasteiger partial charge in [0.05, 0.1) is 6.54 Å². The van der Waals surface area contributed by atoms with Crippen LogP contribution in [-0.4, -0.2) is 30.8 Å². The first-order chi connectivity index (χ1) is 10.0. The molecular weight excluding hydrogens is 282 g/mol. The second kappa shape index (κ2) is 8.95. The molecule has 0 fully saturated rings. The van der Waals surface area contributed by atoms with Gasteiger partial charge >= 0.3 is 0 Å². The summed E-state index contributed by atoms with van der Waals surface area (Å²) in [5, 5.41) is 2.94. The molecule has 0 bridgehead atoms. The van der Waals surface area contributed by atoms with Gasteiger partial charge in [0, 0.05) is 35.3 Å². The third-order valence-corrected chi connectivity index (χ3v) is 4.10. The van der Waals surface area contributed by atoms with E-state index in [-0.39, 0.29) is 11.9 Å². The number of likely N-dealkylation sites (N-methyl/N-ethyl adjacent to an activating group) is 1. The molecule has 1 aromatic carbocycles. The number of nitrogens with two attached hydrogens (primary N) is 1. The molecule has 0 atom stereocenters. The number of carbonyl (C=O) groups is 1. The first-order valence-corrected chi connectivity index (χ1v) is 8.51. The predicted molar refractivity (Wildman–Crippen MR) is 91.9 cm³/mol. The third-order valence-electron chi connectivity index (χ3n) is 3.12. The molecule has 3 N–H and O–H groups in total. The minimum absolute atomic E-state index is 0.0448. The van der Waals surface area contributed by atoms with Crippen LogP contribution in [0.3, 0.4) is 0 Å². The molecule has 0 aliphatic rings. The highest BCUT2D eigenvalue weighted by molar-refractivity contribution is 7.99. The van der Waals surface area contributed by atoms with Crippen molar-refractivity contribution in [1.29, 1.82) is 0 Å². The van der Waals surface area contributed by atoms with Crippen LogP contribution < -0.4 is 16.0 Å². The van der Waals surface area contributed by atoms with E-state index in [1.807, 2.05) is 26.0 Å². The molecule has 118 valence electrons. The van der Waals surface area contributed by atoms with Gasteiger partial charge in [-0.1, -0.05) is 13.0 Å². The SMILES string of the molecule is CCSc1cccc(N(CC)CC(=O)NC(C)C)c1CN. The van der Waals surface area contributed by atoms with E-state index in [1.165, 1.54) is 4.90 Å². The highest BCUT2D eigenvalue weighted by atomic mass is 32.2. The van der Waals surface area contributed by atoms with Crippen molar-refractivity contribution >= 4 is 23.4 Å². The van der Waals surface area contributed by atoms with Crippen LogP contribution in [0, 0.1) is 0 Å². The van der Waals surface area contributed by atoms with Gasteiger partial charge in [-0.3, -0.25) is 4.79 Å². The Morgan fingerprint density at radius 1 is 1.38 bits per heavy atom. The van der Waals surface area contributed by atoms with Gasteiger partial charge in [0.25, 0.3) is 0 Å². The molecule has 0 saturated carbocycles. The molecule has 0 spiro atoms. The Hall–Kier alpha value is -1.20. The van der Waals surface area contributed by atoms with Crippen LogP contribution in [0.2, 0.25) is 0 Å². The summed E-state index contributed by atoms with van der Waals surface area (Å²) in [6.07, 6.45) is 0. The second-order valence-corrected chi connectivity index (χ2v) is 6.43. The molecule has 4 nitrogen and oxygen atoms in total. The van der Waals surface area contributed by atoms with E-state index in [4.69, 9.17) is 5.73 Å². The zero-order chi connectivity index (χ0) is 15.8. The first-order valence-electron chi connectivity index (χ1n) is 7.52. The summed E-state index contributed by atoms with van der Waals surface area (Å²) in [4.78, 5) is 15.3. The molecule has 1 aromatic rings. The average Bonchev–Trinajstić information content (AvgIpc) is 2.44. The first kappa shape index (κ1) is 17.9. The fraction of sp³-hybridized carbons (Fsp3) is 0.562. The van der Waals surface area contributed by atoms with Gasteiger partial charge in [-0.05, 0) is 38.7 Å². The fourth-order valence-corrected chi connectivity index (χ4v) is 3.10. The number of hydrogen-bond donors (Lipinski definition) is 2. The van der Waals surface area contributed by atoms with Gasteiger partial charge in [0.1, 0.15) is 0 Å². The Bertz CT molecular complexity index is 463. The van der Waals surface area contributed by atoms with Crippen molar-refractivity contribution in [2.45, 2.75) is 45.2 Å². The lowest BCUT2D eigenvalue weighted by Gasteiger charge is -2.26. The Morgan fingerprint density at radius 3 is 2.62 bits per heavy atom. The smallest absolute Gasteiger partial charge is 0.239 e. The van der Waals surface area contributed by atoms with Crippen LogP contribution in [-0.2, 0) is 11.3 Å². The summed E-state index contributed by atoms with van der Waals surface area (Å²) in [5.74, 6) is 1.06. The lowest BCUT2D eigenvalue weighted by molar-refractivity contribution is -0.120. The summed E-state index contributed by atoms with van der Waals surface area (Å²) in [7, 11) is 0. The van der Waals surface area contributed by atoms with Gasteiger partial charge in [-0.15, -0.1) is 11.8 Å². The van der Waals surface area contributed by atoms with Gasteiger partial charge < -0.3 is 16.0 Å². The van der Waals surface area contributed by atoms with Gasteiger partial charge in [-0.2, -0.15) is 0 Å². The number of benzene rings is 1. The molecule has 5 heteroatoms. The molecule has 0 aliphatic carbocycles. The van der Waals surface area contributed by atoms with E-state index in [2.05, 4.69) is 30.1 Å². The molecule has 1 rings (SSSR count). The van der Waals surface area contributed by atoms with E-state index in [1.54, 1.807) is 11.8 Å². The molecule has 0 aromatic heterocycles. The summed E-state index contributed by atoms with van der Waals surface area (Å²) in [6, 6.07) is 6.35. The average molecular weight is 309 g/mol. The molecule has 1 amide bonds. The topological polar surface area (TPSA) is 58.4 Å². The number of thioether (sulfide) groups is 1. The van der Waals surface area contributed by atoms with E-state index in [0.717, 1.165) is 23.5 Å². The zero-order valence-electron chi connectivity index (χ0n) is 13.5. The standard InChI is InChI=1S/C16H27N3OS/c1-5-19(11-16(20)18-12(3)4)14-8-7-9-15(21-6-2)13(14)10-17/h7-9,12H,5-6,10-11,17H2,1-4H3,(H,18,20). The lowest BCUT2D eigenvalue weighted by Crippen LogP contribution is -2.40. The number of nitrogens with one attached hydrogen (secondary N) is 1. The van der Waals surface area contributed by atoms with E-state index >= 15 is 0 Å². The maximum Gasteiger partial charge on any atom is 0.239 e. The normalized spacial score (nSPS) is 10.8. The van der Waals surface area contributed by atoms with Crippen LogP contribution in [0.4, 0.5) is 5.69 Å². The molecule has 0 saturated heterocycles. The number of nitrogens with zero attached hydrogens (tertiary/aromatic N) is 1. The summed E-state index contributed by atoms with van der Waals surface area (Å²) in [5.41, 5.74) is 8.14. The molecule has 21 heavy (non-hydrogen) atoms. The number of rotatable bonds is 8. The van der Waals surface area contributed by atoms with Crippen LogP contribution >= 0.6 is 11.8 Å². The summed E-state index contributed by atoms with van der Waals surface area (Å²) in [6.45, 7) is 9.76. The lowest BCUT2D eigenvalue weighted by atomic mass is 10.1. The number of anilines is 1. The molecule has 0 radical (unpaired) electrons. The van der Waals surface area contributed by atoms with Crippen LogP contribution in [0.1, 0.15) is 33.3 Å². The highest BCUT2D eigenvalue weighted by Crippen LogP contribution is 2.30. The Morgan fingerprint density at radius 2 is 2.10 bits per heavy atom. The van der Waals surface area contributed by atoms with Crippen molar-refractivity contribution in [3.8, 4) is 0 Å². The van der Waals surface area contributed by atoms with Crippen LogP contribution in [0.25, 0.3) is 0 Å². The van der Waals surface area contributed by atoms with Crippen molar-refractivity contribution < 1.29 is 4.79 Å². The molecule has 0 unspecified atom stereocenters. The fourth-order valence-electron chi connectivity index (χ4n) is 2.25. The number of amides is 1. The van der Waals surface area contributed by atoms with Crippen molar-refractivity contribution in [1.82, 2.24) is 5.32 Å². The minimum Gasteiger partial charge on any atom is -0.362 e. The quantitative estimate of drug-likeness (QED) is 0.725. The third kappa shape index (κ3) is 5.25. The maximum absolute atomic E-state index is 12.0. The van der Waals surface area contributed by atoms with E-state index < -0.39 is 0 Å². The highest BCUT2D eigenvalue weighted by Gasteiger charge is 2.15. The van der Waals surface area contributed by atoms with Crippen LogP contribution in [0.15, 0.2) is 23.1 Å². The van der Waals surface area contributed by atoms with Gasteiger partial charge in [-0.25, -0.2) is 0 Å². The molecule has 0 heterocycles. The van der Waals surface area contributed by atoms with E-state index in [9.17, 15) is 4.79 Å². The monoisotopic (exact) mass is 309 g/mol. The van der Waals surface area contributed by atoms with Gasteiger partial charge in [0.15, 0.2) is 0 Å². The van der Waals surface area contributed by atoms with Crippen molar-refractivity contribution in [3.05, 3.63) is 23.8 Å². The maximum atomic E-state index is 12.0. The minimum atomic E-state index is 0.0448. The Kier molecular flexibility index (Phi) is 7.61. The van der Waals surface area contributed by atoms with E-state index in [0.29, 0.717) is 13.1 Å².